The average Bonchev–Trinajstić information content (AvgIpc) is 3.65. The molecular formula is C29H27FN4O3. The number of benzene rings is 3. The smallest absolute Gasteiger partial charge is 0.232 e. The summed E-state index contributed by atoms with van der Waals surface area (Å²) in [6.45, 7) is 1.88. The summed E-state index contributed by atoms with van der Waals surface area (Å²) in [5.41, 5.74) is 3.23. The lowest BCUT2D eigenvalue weighted by Gasteiger charge is -2.29. The molecule has 2 amide bonds. The Hall–Kier alpha value is -4.20. The SMILES string of the molecule is COc1ccc([C@@H]2[C@@H](NC(=O)C3CC3)[C@H](C)C(=O)N2c2ccc3c(cnn3-c3ccc(F)cc3)c2)cc1. The van der Waals surface area contributed by atoms with Crippen LogP contribution in [0.5, 0.6) is 5.75 Å². The fourth-order valence-corrected chi connectivity index (χ4v) is 5.18. The van der Waals surface area contributed by atoms with Crippen molar-refractivity contribution in [3.63, 3.8) is 0 Å². The quantitative estimate of drug-likeness (QED) is 0.415. The summed E-state index contributed by atoms with van der Waals surface area (Å²) < 4.78 is 20.5. The van der Waals surface area contributed by atoms with Crippen LogP contribution in [0.2, 0.25) is 0 Å². The van der Waals surface area contributed by atoms with E-state index >= 15 is 0 Å². The number of halogens is 1. The number of carbonyl (C=O) groups excluding carboxylic acids is 2. The molecule has 37 heavy (non-hydrogen) atoms. The molecule has 1 aromatic heterocycles. The van der Waals surface area contributed by atoms with E-state index in [1.165, 1.54) is 12.1 Å². The van der Waals surface area contributed by atoms with Crippen molar-refractivity contribution in [3.8, 4) is 11.4 Å². The number of anilines is 1. The Morgan fingerprint density at radius 2 is 1.73 bits per heavy atom. The number of ether oxygens (including phenoxy) is 1. The molecule has 1 aliphatic carbocycles. The predicted molar refractivity (Wildman–Crippen MR) is 138 cm³/mol. The Morgan fingerprint density at radius 1 is 1.03 bits per heavy atom. The second kappa shape index (κ2) is 9.03. The first-order valence-electron chi connectivity index (χ1n) is 12.5. The van der Waals surface area contributed by atoms with Gasteiger partial charge < -0.3 is 15.0 Å². The number of nitrogens with zero attached hydrogens (tertiary/aromatic N) is 3. The molecule has 2 fully saturated rings. The minimum absolute atomic E-state index is 0.0149. The molecule has 2 aliphatic rings. The topological polar surface area (TPSA) is 76.5 Å². The van der Waals surface area contributed by atoms with Gasteiger partial charge in [0.1, 0.15) is 11.6 Å². The van der Waals surface area contributed by atoms with Gasteiger partial charge in [-0.2, -0.15) is 5.10 Å². The van der Waals surface area contributed by atoms with Gasteiger partial charge in [-0.1, -0.05) is 19.1 Å². The second-order valence-corrected chi connectivity index (χ2v) is 9.80. The normalized spacial score (nSPS) is 21.4. The molecule has 1 aliphatic heterocycles. The minimum atomic E-state index is -0.396. The van der Waals surface area contributed by atoms with E-state index in [1.807, 2.05) is 49.4 Å². The predicted octanol–water partition coefficient (Wildman–Crippen LogP) is 4.79. The van der Waals surface area contributed by atoms with Crippen molar-refractivity contribution >= 4 is 28.4 Å². The van der Waals surface area contributed by atoms with Crippen LogP contribution in [-0.2, 0) is 9.59 Å². The highest BCUT2D eigenvalue weighted by Gasteiger charge is 2.48. The van der Waals surface area contributed by atoms with Crippen LogP contribution in [-0.4, -0.2) is 34.7 Å². The highest BCUT2D eigenvalue weighted by atomic mass is 19.1. The maximum atomic E-state index is 13.7. The summed E-state index contributed by atoms with van der Waals surface area (Å²) in [6, 6.07) is 18.8. The number of methoxy groups -OCH3 is 1. The molecule has 3 aromatic carbocycles. The highest BCUT2D eigenvalue weighted by Crippen LogP contribution is 2.42. The van der Waals surface area contributed by atoms with Crippen molar-refractivity contribution in [1.82, 2.24) is 15.1 Å². The Bertz CT molecular complexity index is 1480. The molecular weight excluding hydrogens is 471 g/mol. The molecule has 2 heterocycles. The van der Waals surface area contributed by atoms with E-state index in [1.54, 1.807) is 35.0 Å². The van der Waals surface area contributed by atoms with Crippen LogP contribution >= 0.6 is 0 Å². The Morgan fingerprint density at radius 3 is 2.41 bits per heavy atom. The summed E-state index contributed by atoms with van der Waals surface area (Å²) in [4.78, 5) is 28.2. The zero-order valence-electron chi connectivity index (χ0n) is 20.6. The molecule has 0 spiro atoms. The van der Waals surface area contributed by atoms with Gasteiger partial charge in [0, 0.05) is 17.0 Å². The van der Waals surface area contributed by atoms with Crippen molar-refractivity contribution < 1.29 is 18.7 Å². The first-order valence-corrected chi connectivity index (χ1v) is 12.5. The largest absolute Gasteiger partial charge is 0.497 e. The number of hydrogen-bond donors (Lipinski definition) is 1. The van der Waals surface area contributed by atoms with Gasteiger partial charge in [0.2, 0.25) is 11.8 Å². The summed E-state index contributed by atoms with van der Waals surface area (Å²) in [6.07, 6.45) is 3.53. The van der Waals surface area contributed by atoms with Gasteiger partial charge in [-0.3, -0.25) is 9.59 Å². The molecule has 1 saturated heterocycles. The van der Waals surface area contributed by atoms with Crippen LogP contribution in [0, 0.1) is 17.7 Å². The number of nitrogens with one attached hydrogen (secondary N) is 1. The fraction of sp³-hybridized carbons (Fsp3) is 0.276. The molecule has 188 valence electrons. The van der Waals surface area contributed by atoms with Gasteiger partial charge in [0.25, 0.3) is 0 Å². The summed E-state index contributed by atoms with van der Waals surface area (Å²) in [5, 5.41) is 8.53. The lowest BCUT2D eigenvalue weighted by Crippen LogP contribution is -2.42. The zero-order chi connectivity index (χ0) is 25.7. The summed E-state index contributed by atoms with van der Waals surface area (Å²) in [7, 11) is 1.61. The van der Waals surface area contributed by atoms with E-state index in [9.17, 15) is 14.0 Å². The van der Waals surface area contributed by atoms with E-state index in [2.05, 4.69) is 10.4 Å². The van der Waals surface area contributed by atoms with Gasteiger partial charge in [-0.15, -0.1) is 0 Å². The van der Waals surface area contributed by atoms with Crippen LogP contribution in [0.1, 0.15) is 31.4 Å². The number of amides is 2. The van der Waals surface area contributed by atoms with E-state index in [0.717, 1.165) is 46.4 Å². The molecule has 0 radical (unpaired) electrons. The van der Waals surface area contributed by atoms with Gasteiger partial charge in [0.05, 0.1) is 42.5 Å². The Labute approximate surface area is 213 Å². The minimum Gasteiger partial charge on any atom is -0.497 e. The van der Waals surface area contributed by atoms with Crippen molar-refractivity contribution in [2.75, 3.05) is 12.0 Å². The molecule has 7 nitrogen and oxygen atoms in total. The van der Waals surface area contributed by atoms with Crippen molar-refractivity contribution in [3.05, 3.63) is 84.3 Å². The number of aromatic nitrogens is 2. The molecule has 8 heteroatoms. The fourth-order valence-electron chi connectivity index (χ4n) is 5.18. The molecule has 3 atom stereocenters. The molecule has 6 rings (SSSR count). The molecule has 1 N–H and O–H groups in total. The first-order chi connectivity index (χ1) is 17.9. The Balaban J connectivity index is 1.40. The summed E-state index contributed by atoms with van der Waals surface area (Å²) >= 11 is 0. The molecule has 0 unspecified atom stereocenters. The van der Waals surface area contributed by atoms with Crippen LogP contribution in [0.15, 0.2) is 72.9 Å². The number of carbonyl (C=O) groups is 2. The van der Waals surface area contributed by atoms with Crippen LogP contribution in [0.3, 0.4) is 0 Å². The molecule has 4 aromatic rings. The van der Waals surface area contributed by atoms with Gasteiger partial charge in [-0.25, -0.2) is 9.07 Å². The summed E-state index contributed by atoms with van der Waals surface area (Å²) in [5.74, 6) is 0.0279. The first kappa shape index (κ1) is 23.2. The van der Waals surface area contributed by atoms with Crippen molar-refractivity contribution in [2.45, 2.75) is 31.8 Å². The maximum Gasteiger partial charge on any atom is 0.232 e. The van der Waals surface area contributed by atoms with E-state index in [0.29, 0.717) is 0 Å². The highest BCUT2D eigenvalue weighted by molar-refractivity contribution is 6.01. The van der Waals surface area contributed by atoms with Crippen LogP contribution in [0.25, 0.3) is 16.6 Å². The van der Waals surface area contributed by atoms with Gasteiger partial charge in [0.15, 0.2) is 0 Å². The molecule has 0 bridgehead atoms. The molecule has 1 saturated carbocycles. The number of fused-ring (bicyclic) bond motifs is 1. The standard InChI is InChI=1S/C29H27FN4O3/c1-17-26(32-28(35)19-3-4-19)27(18-5-12-24(37-2)13-6-18)33(29(17)36)23-11-14-25-20(15-23)16-31-34(25)22-9-7-21(30)8-10-22/h5-17,19,26-27H,3-4H2,1-2H3,(H,32,35)/t17-,26-,27+/m0/s1. The third kappa shape index (κ3) is 4.12. The van der Waals surface area contributed by atoms with Crippen LogP contribution in [0.4, 0.5) is 10.1 Å². The monoisotopic (exact) mass is 498 g/mol. The average molecular weight is 499 g/mol. The lowest BCUT2D eigenvalue weighted by atomic mass is 9.94. The number of rotatable bonds is 6. The van der Waals surface area contributed by atoms with Crippen molar-refractivity contribution in [2.24, 2.45) is 11.8 Å². The van der Waals surface area contributed by atoms with Crippen molar-refractivity contribution in [1.29, 1.82) is 0 Å². The second-order valence-electron chi connectivity index (χ2n) is 9.80. The van der Waals surface area contributed by atoms with Gasteiger partial charge in [-0.05, 0) is 73.0 Å². The van der Waals surface area contributed by atoms with Gasteiger partial charge >= 0.3 is 0 Å². The maximum absolute atomic E-state index is 13.7. The third-order valence-electron chi connectivity index (χ3n) is 7.40. The Kier molecular flexibility index (Phi) is 5.67. The zero-order valence-corrected chi connectivity index (χ0v) is 20.6. The third-order valence-corrected chi connectivity index (χ3v) is 7.40. The van der Waals surface area contributed by atoms with Crippen LogP contribution < -0.4 is 15.0 Å². The van der Waals surface area contributed by atoms with E-state index in [4.69, 9.17) is 4.74 Å². The van der Waals surface area contributed by atoms with E-state index in [-0.39, 0.29) is 35.6 Å². The lowest BCUT2D eigenvalue weighted by molar-refractivity contribution is -0.123. The number of hydrogen-bond acceptors (Lipinski definition) is 4. The van der Waals surface area contributed by atoms with E-state index < -0.39 is 5.92 Å².